The minimum Gasteiger partial charge on any atom is -0.493 e. The van der Waals surface area contributed by atoms with Gasteiger partial charge in [-0.2, -0.15) is 0 Å². The van der Waals surface area contributed by atoms with E-state index in [0.717, 1.165) is 30.3 Å². The van der Waals surface area contributed by atoms with Crippen molar-refractivity contribution in [3.63, 3.8) is 0 Å². The highest BCUT2D eigenvalue weighted by Crippen LogP contribution is 2.34. The maximum atomic E-state index is 5.78. The van der Waals surface area contributed by atoms with Crippen molar-refractivity contribution in [2.75, 3.05) is 13.2 Å². The lowest BCUT2D eigenvalue weighted by molar-refractivity contribution is 0.189. The SMILES string of the molecule is Cc1nc(CCNC2c3ccccc3OCC2C)cs1. The van der Waals surface area contributed by atoms with Gasteiger partial charge in [0.25, 0.3) is 0 Å². The van der Waals surface area contributed by atoms with Gasteiger partial charge in [0.2, 0.25) is 0 Å². The van der Waals surface area contributed by atoms with Gasteiger partial charge >= 0.3 is 0 Å². The number of rotatable bonds is 4. The quantitative estimate of drug-likeness (QED) is 0.937. The summed E-state index contributed by atoms with van der Waals surface area (Å²) in [5.41, 5.74) is 2.47. The van der Waals surface area contributed by atoms with Crippen molar-refractivity contribution >= 4 is 11.3 Å². The smallest absolute Gasteiger partial charge is 0.124 e. The first kappa shape index (κ1) is 13.6. The summed E-state index contributed by atoms with van der Waals surface area (Å²) in [5, 5.41) is 6.96. The Balaban J connectivity index is 1.64. The predicted molar refractivity (Wildman–Crippen MR) is 82.4 cm³/mol. The van der Waals surface area contributed by atoms with Crippen LogP contribution >= 0.6 is 11.3 Å². The van der Waals surface area contributed by atoms with E-state index in [1.807, 2.05) is 6.07 Å². The van der Waals surface area contributed by atoms with Gasteiger partial charge in [0.15, 0.2) is 0 Å². The van der Waals surface area contributed by atoms with Crippen molar-refractivity contribution in [2.24, 2.45) is 5.92 Å². The average molecular weight is 288 g/mol. The number of hydrogen-bond acceptors (Lipinski definition) is 4. The third kappa shape index (κ3) is 2.86. The molecule has 1 N–H and O–H groups in total. The molecular weight excluding hydrogens is 268 g/mol. The molecule has 1 aliphatic rings. The number of thiazole rings is 1. The molecule has 0 fully saturated rings. The molecule has 3 nitrogen and oxygen atoms in total. The van der Waals surface area contributed by atoms with Crippen molar-refractivity contribution in [2.45, 2.75) is 26.3 Å². The summed E-state index contributed by atoms with van der Waals surface area (Å²) in [6.45, 7) is 6.02. The van der Waals surface area contributed by atoms with Gasteiger partial charge in [-0.05, 0) is 13.0 Å². The first-order valence-corrected chi connectivity index (χ1v) is 7.98. The molecule has 0 saturated heterocycles. The molecule has 0 radical (unpaired) electrons. The van der Waals surface area contributed by atoms with Crippen LogP contribution in [0.4, 0.5) is 0 Å². The van der Waals surface area contributed by atoms with E-state index in [1.165, 1.54) is 11.3 Å². The molecular formula is C16H20N2OS. The number of ether oxygens (including phenoxy) is 1. The molecule has 1 aromatic carbocycles. The van der Waals surface area contributed by atoms with E-state index in [2.05, 4.69) is 47.7 Å². The van der Waals surface area contributed by atoms with Crippen LogP contribution in [-0.4, -0.2) is 18.1 Å². The lowest BCUT2D eigenvalue weighted by Crippen LogP contribution is -2.35. The highest BCUT2D eigenvalue weighted by Gasteiger charge is 2.26. The summed E-state index contributed by atoms with van der Waals surface area (Å²) in [6.07, 6.45) is 0.983. The summed E-state index contributed by atoms with van der Waals surface area (Å²) < 4.78 is 5.78. The maximum Gasteiger partial charge on any atom is 0.124 e. The van der Waals surface area contributed by atoms with Crippen LogP contribution in [0.3, 0.4) is 0 Å². The summed E-state index contributed by atoms with van der Waals surface area (Å²) in [5.74, 6) is 1.51. The normalized spacial score (nSPS) is 21.3. The highest BCUT2D eigenvalue weighted by molar-refractivity contribution is 7.09. The molecule has 0 bridgehead atoms. The minimum absolute atomic E-state index is 0.375. The van der Waals surface area contributed by atoms with Crippen molar-refractivity contribution in [1.29, 1.82) is 0 Å². The van der Waals surface area contributed by atoms with Gasteiger partial charge in [-0.25, -0.2) is 4.98 Å². The van der Waals surface area contributed by atoms with E-state index in [-0.39, 0.29) is 0 Å². The largest absolute Gasteiger partial charge is 0.493 e. The van der Waals surface area contributed by atoms with Crippen LogP contribution in [0.15, 0.2) is 29.6 Å². The Morgan fingerprint density at radius 3 is 3.05 bits per heavy atom. The molecule has 2 atom stereocenters. The lowest BCUT2D eigenvalue weighted by Gasteiger charge is -2.32. The number of aromatic nitrogens is 1. The Kier molecular flexibility index (Phi) is 4.03. The lowest BCUT2D eigenvalue weighted by atomic mass is 9.92. The molecule has 3 rings (SSSR count). The van der Waals surface area contributed by atoms with Gasteiger partial charge in [-0.15, -0.1) is 11.3 Å². The summed E-state index contributed by atoms with van der Waals surface area (Å²) in [6, 6.07) is 8.71. The van der Waals surface area contributed by atoms with Crippen LogP contribution in [0.1, 0.15) is 29.2 Å². The molecule has 2 heterocycles. The molecule has 0 amide bonds. The second kappa shape index (κ2) is 5.94. The van der Waals surface area contributed by atoms with Crippen LogP contribution in [0.25, 0.3) is 0 Å². The summed E-state index contributed by atoms with van der Waals surface area (Å²) in [4.78, 5) is 4.51. The van der Waals surface area contributed by atoms with Crippen molar-refractivity contribution in [3.05, 3.63) is 45.9 Å². The zero-order valence-electron chi connectivity index (χ0n) is 11.9. The van der Waals surface area contributed by atoms with Crippen molar-refractivity contribution < 1.29 is 4.74 Å². The maximum absolute atomic E-state index is 5.78. The van der Waals surface area contributed by atoms with E-state index in [9.17, 15) is 0 Å². The zero-order chi connectivity index (χ0) is 13.9. The van der Waals surface area contributed by atoms with Gasteiger partial charge in [-0.3, -0.25) is 0 Å². The Bertz CT molecular complexity index is 581. The Morgan fingerprint density at radius 2 is 2.25 bits per heavy atom. The number of fused-ring (bicyclic) bond motifs is 1. The van der Waals surface area contributed by atoms with E-state index in [4.69, 9.17) is 4.74 Å². The summed E-state index contributed by atoms with van der Waals surface area (Å²) in [7, 11) is 0. The topological polar surface area (TPSA) is 34.2 Å². The first-order valence-electron chi connectivity index (χ1n) is 7.10. The monoisotopic (exact) mass is 288 g/mol. The van der Waals surface area contributed by atoms with Crippen LogP contribution in [0.5, 0.6) is 5.75 Å². The van der Waals surface area contributed by atoms with E-state index in [1.54, 1.807) is 11.3 Å². The van der Waals surface area contributed by atoms with Gasteiger partial charge in [0.05, 0.1) is 17.3 Å². The second-order valence-corrected chi connectivity index (χ2v) is 6.43. The van der Waals surface area contributed by atoms with Crippen LogP contribution in [0.2, 0.25) is 0 Å². The molecule has 106 valence electrons. The molecule has 0 aliphatic carbocycles. The molecule has 0 spiro atoms. The molecule has 2 unspecified atom stereocenters. The fraction of sp³-hybridized carbons (Fsp3) is 0.438. The Morgan fingerprint density at radius 1 is 1.40 bits per heavy atom. The number of nitrogens with zero attached hydrogens (tertiary/aromatic N) is 1. The van der Waals surface area contributed by atoms with Gasteiger partial charge < -0.3 is 10.1 Å². The number of hydrogen-bond donors (Lipinski definition) is 1. The minimum atomic E-state index is 0.375. The van der Waals surface area contributed by atoms with Crippen LogP contribution in [-0.2, 0) is 6.42 Å². The Hall–Kier alpha value is -1.39. The number of aryl methyl sites for hydroxylation is 1. The van der Waals surface area contributed by atoms with Gasteiger partial charge in [-0.1, -0.05) is 25.1 Å². The number of para-hydroxylation sites is 1. The first-order chi connectivity index (χ1) is 9.74. The fourth-order valence-corrected chi connectivity index (χ4v) is 3.33. The molecule has 0 saturated carbocycles. The second-order valence-electron chi connectivity index (χ2n) is 5.37. The third-order valence-corrected chi connectivity index (χ3v) is 4.56. The zero-order valence-corrected chi connectivity index (χ0v) is 12.7. The van der Waals surface area contributed by atoms with E-state index < -0.39 is 0 Å². The van der Waals surface area contributed by atoms with Crippen LogP contribution in [0, 0.1) is 12.8 Å². The molecule has 1 aliphatic heterocycles. The van der Waals surface area contributed by atoms with Crippen molar-refractivity contribution in [3.8, 4) is 5.75 Å². The standard InChI is InChI=1S/C16H20N2OS/c1-11-9-19-15-6-4-3-5-14(15)16(11)17-8-7-13-10-20-12(2)18-13/h3-6,10-11,16-17H,7-9H2,1-2H3. The Labute approximate surface area is 124 Å². The third-order valence-electron chi connectivity index (χ3n) is 3.74. The van der Waals surface area contributed by atoms with Crippen molar-refractivity contribution in [1.82, 2.24) is 10.3 Å². The molecule has 2 aromatic rings. The summed E-state index contributed by atoms with van der Waals surface area (Å²) >= 11 is 1.72. The highest BCUT2D eigenvalue weighted by atomic mass is 32.1. The molecule has 1 aromatic heterocycles. The molecule has 20 heavy (non-hydrogen) atoms. The number of nitrogens with one attached hydrogen (secondary N) is 1. The number of benzene rings is 1. The van der Waals surface area contributed by atoms with E-state index >= 15 is 0 Å². The van der Waals surface area contributed by atoms with E-state index in [0.29, 0.717) is 12.0 Å². The van der Waals surface area contributed by atoms with Crippen LogP contribution < -0.4 is 10.1 Å². The molecule has 4 heteroatoms. The average Bonchev–Trinajstić information content (AvgIpc) is 2.87. The van der Waals surface area contributed by atoms with Gasteiger partial charge in [0.1, 0.15) is 5.75 Å². The van der Waals surface area contributed by atoms with Gasteiger partial charge in [0, 0.05) is 35.9 Å². The predicted octanol–water partition coefficient (Wildman–Crippen LogP) is 3.35. The fourth-order valence-electron chi connectivity index (χ4n) is 2.68.